The molecule has 184 valence electrons. The minimum Gasteiger partial charge on any atom is -1.00 e. The van der Waals surface area contributed by atoms with Crippen LogP contribution < -0.4 is 52.8 Å². The van der Waals surface area contributed by atoms with Crippen molar-refractivity contribution in [2.75, 3.05) is 26.3 Å². The molecule has 0 aliphatic carbocycles. The van der Waals surface area contributed by atoms with Crippen molar-refractivity contribution in [2.45, 2.75) is 19.4 Å². The van der Waals surface area contributed by atoms with Crippen molar-refractivity contribution >= 4 is 22.4 Å². The number of hydrogen-bond donors (Lipinski definition) is 1. The quantitative estimate of drug-likeness (QED) is 0.269. The van der Waals surface area contributed by atoms with Gasteiger partial charge in [-0.05, 0) is 42.0 Å². The molecule has 0 radical (unpaired) electrons. The van der Waals surface area contributed by atoms with Gasteiger partial charge in [-0.25, -0.2) is 0 Å². The lowest BCUT2D eigenvalue weighted by molar-refractivity contribution is -0.686. The number of anilines is 1. The van der Waals surface area contributed by atoms with Gasteiger partial charge < -0.3 is 48.2 Å². The number of carbonyl (C=O) groups is 1. The number of carbonyl (C=O) groups excluding carboxylic acids is 1. The molecule has 0 atom stereocenters. The van der Waals surface area contributed by atoms with Crippen molar-refractivity contribution in [3.05, 3.63) is 66.1 Å². The van der Waals surface area contributed by atoms with Gasteiger partial charge in [-0.1, -0.05) is 0 Å². The van der Waals surface area contributed by atoms with Gasteiger partial charge in [0, 0.05) is 35.5 Å². The summed E-state index contributed by atoms with van der Waals surface area (Å²) in [5, 5.41) is 4.82. The number of ether oxygens (including phenoxy) is 4. The molecule has 9 heteroatoms. The molecule has 6 rings (SSSR count). The second kappa shape index (κ2) is 9.81. The minimum atomic E-state index is -0.117. The standard InChI is InChI=1S/C27H23N3O5.HI/c1-32-22-4-3-18-20(13-25(31)29-17-5-8-28-9-6-17)26-19-12-24-23(34-15-35-24)11-16(19)7-10-30(26)14-21(18)27(22)33-2;/h3-6,8-9,11-12,14H,7,10,13,15H2,1-2H3;1H. The molecule has 2 aromatic heterocycles. The fourth-order valence-electron chi connectivity index (χ4n) is 4.99. The van der Waals surface area contributed by atoms with E-state index in [2.05, 4.69) is 27.1 Å². The summed E-state index contributed by atoms with van der Waals surface area (Å²) in [6.07, 6.45) is 6.41. The fourth-order valence-corrected chi connectivity index (χ4v) is 4.99. The maximum atomic E-state index is 13.2. The molecule has 2 aromatic carbocycles. The SMILES string of the molecule is COc1ccc2c(CC(=O)Nc3ccncc3)c3[n+](cc2c1OC)CCc1cc2c(cc1-3)OCO2.[I-]. The summed E-state index contributed by atoms with van der Waals surface area (Å²) in [7, 11) is 3.25. The maximum Gasteiger partial charge on any atom is 0.231 e. The first-order valence-corrected chi connectivity index (χ1v) is 11.4. The maximum absolute atomic E-state index is 13.2. The zero-order chi connectivity index (χ0) is 23.9. The molecule has 0 saturated heterocycles. The molecule has 0 bridgehead atoms. The number of aromatic nitrogens is 2. The van der Waals surface area contributed by atoms with Crippen LogP contribution >= 0.6 is 0 Å². The Morgan fingerprint density at radius 3 is 2.58 bits per heavy atom. The van der Waals surface area contributed by atoms with Crippen LogP contribution in [0.15, 0.2) is 55.0 Å². The highest BCUT2D eigenvalue weighted by atomic mass is 127. The van der Waals surface area contributed by atoms with E-state index in [1.807, 2.05) is 18.2 Å². The van der Waals surface area contributed by atoms with Crippen LogP contribution in [-0.2, 0) is 24.2 Å². The van der Waals surface area contributed by atoms with Gasteiger partial charge in [-0.15, -0.1) is 0 Å². The number of pyridine rings is 2. The van der Waals surface area contributed by atoms with E-state index in [0.717, 1.165) is 52.1 Å². The van der Waals surface area contributed by atoms with Gasteiger partial charge >= 0.3 is 0 Å². The zero-order valence-electron chi connectivity index (χ0n) is 19.8. The van der Waals surface area contributed by atoms with Crippen LogP contribution in [0.1, 0.15) is 11.1 Å². The molecule has 0 unspecified atom stereocenters. The first-order valence-electron chi connectivity index (χ1n) is 11.4. The van der Waals surface area contributed by atoms with Crippen LogP contribution in [0.3, 0.4) is 0 Å². The van der Waals surface area contributed by atoms with Crippen molar-refractivity contribution < 1.29 is 52.3 Å². The third kappa shape index (κ3) is 4.06. The van der Waals surface area contributed by atoms with E-state index in [1.165, 1.54) is 5.56 Å². The summed E-state index contributed by atoms with van der Waals surface area (Å²) in [5.41, 5.74) is 4.83. The second-order valence-electron chi connectivity index (χ2n) is 8.49. The number of aryl methyl sites for hydroxylation is 2. The molecule has 1 amide bonds. The van der Waals surface area contributed by atoms with Crippen molar-refractivity contribution in [1.82, 2.24) is 4.98 Å². The summed E-state index contributed by atoms with van der Waals surface area (Å²) in [6, 6.07) is 11.5. The molecule has 2 aliphatic heterocycles. The third-order valence-electron chi connectivity index (χ3n) is 6.54. The average molecular weight is 597 g/mol. The van der Waals surface area contributed by atoms with E-state index in [4.69, 9.17) is 18.9 Å². The number of amides is 1. The van der Waals surface area contributed by atoms with E-state index in [1.54, 1.807) is 38.7 Å². The molecule has 0 spiro atoms. The largest absolute Gasteiger partial charge is 1.00 e. The lowest BCUT2D eigenvalue weighted by Gasteiger charge is -2.21. The Kier molecular flexibility index (Phi) is 6.57. The number of rotatable bonds is 5. The van der Waals surface area contributed by atoms with Gasteiger partial charge in [0.15, 0.2) is 35.7 Å². The lowest BCUT2D eigenvalue weighted by atomic mass is 9.89. The molecule has 4 heterocycles. The highest BCUT2D eigenvalue weighted by molar-refractivity contribution is 6.00. The Morgan fingerprint density at radius 2 is 1.83 bits per heavy atom. The summed E-state index contributed by atoms with van der Waals surface area (Å²) < 4.78 is 24.8. The van der Waals surface area contributed by atoms with Crippen LogP contribution in [0.5, 0.6) is 23.0 Å². The van der Waals surface area contributed by atoms with Crippen LogP contribution in [0.4, 0.5) is 5.69 Å². The van der Waals surface area contributed by atoms with E-state index in [-0.39, 0.29) is 43.1 Å². The molecule has 1 N–H and O–H groups in total. The summed E-state index contributed by atoms with van der Waals surface area (Å²) in [6.45, 7) is 0.978. The molecule has 8 nitrogen and oxygen atoms in total. The molecular formula is C27H24IN3O5. The average Bonchev–Trinajstić information content (AvgIpc) is 3.34. The molecule has 0 saturated carbocycles. The lowest BCUT2D eigenvalue weighted by Crippen LogP contribution is -3.00. The Bertz CT molecular complexity index is 1480. The highest BCUT2D eigenvalue weighted by Crippen LogP contribution is 2.43. The number of fused-ring (bicyclic) bond motifs is 5. The third-order valence-corrected chi connectivity index (χ3v) is 6.54. The van der Waals surface area contributed by atoms with Gasteiger partial charge in [-0.3, -0.25) is 9.78 Å². The Balaban J connectivity index is 0.00000267. The predicted molar refractivity (Wildman–Crippen MR) is 129 cm³/mol. The number of benzene rings is 2. The molecule has 36 heavy (non-hydrogen) atoms. The fraction of sp³-hybridized carbons (Fsp3) is 0.222. The van der Waals surface area contributed by atoms with Gasteiger partial charge in [0.1, 0.15) is 0 Å². The summed E-state index contributed by atoms with van der Waals surface area (Å²) >= 11 is 0. The molecule has 2 aliphatic rings. The number of hydrogen-bond acceptors (Lipinski definition) is 6. The van der Waals surface area contributed by atoms with E-state index in [9.17, 15) is 4.79 Å². The number of methoxy groups -OCH3 is 2. The number of nitrogens with zero attached hydrogens (tertiary/aromatic N) is 2. The van der Waals surface area contributed by atoms with E-state index in [0.29, 0.717) is 17.2 Å². The Labute approximate surface area is 225 Å². The predicted octanol–water partition coefficient (Wildman–Crippen LogP) is 0.676. The van der Waals surface area contributed by atoms with Crippen LogP contribution in [0, 0.1) is 0 Å². The number of nitrogens with one attached hydrogen (secondary N) is 1. The van der Waals surface area contributed by atoms with Crippen LogP contribution in [0.2, 0.25) is 0 Å². The number of halogens is 1. The second-order valence-corrected chi connectivity index (χ2v) is 8.49. The Hall–Kier alpha value is -3.60. The normalized spacial score (nSPS) is 12.8. The topological polar surface area (TPSA) is 82.8 Å². The van der Waals surface area contributed by atoms with Gasteiger partial charge in [0.05, 0.1) is 31.6 Å². The van der Waals surface area contributed by atoms with Gasteiger partial charge in [-0.2, -0.15) is 4.57 Å². The monoisotopic (exact) mass is 597 g/mol. The summed E-state index contributed by atoms with van der Waals surface area (Å²) in [5.74, 6) is 2.66. The van der Waals surface area contributed by atoms with Crippen LogP contribution in [-0.4, -0.2) is 31.9 Å². The molecular weight excluding hydrogens is 573 g/mol. The highest BCUT2D eigenvalue weighted by Gasteiger charge is 2.33. The van der Waals surface area contributed by atoms with Gasteiger partial charge in [0.2, 0.25) is 18.4 Å². The van der Waals surface area contributed by atoms with Crippen LogP contribution in [0.25, 0.3) is 22.0 Å². The molecule has 0 fully saturated rings. The van der Waals surface area contributed by atoms with Gasteiger partial charge in [0.25, 0.3) is 0 Å². The first-order chi connectivity index (χ1) is 17.2. The van der Waals surface area contributed by atoms with Crippen molar-refractivity contribution in [3.8, 4) is 34.3 Å². The molecule has 4 aromatic rings. The van der Waals surface area contributed by atoms with E-state index < -0.39 is 0 Å². The van der Waals surface area contributed by atoms with E-state index >= 15 is 0 Å². The minimum absolute atomic E-state index is 0. The zero-order valence-corrected chi connectivity index (χ0v) is 22.0. The van der Waals surface area contributed by atoms with Crippen molar-refractivity contribution in [3.63, 3.8) is 0 Å². The Morgan fingerprint density at radius 1 is 1.06 bits per heavy atom. The van der Waals surface area contributed by atoms with Crippen molar-refractivity contribution in [1.29, 1.82) is 0 Å². The summed E-state index contributed by atoms with van der Waals surface area (Å²) in [4.78, 5) is 17.3. The van der Waals surface area contributed by atoms with Crippen molar-refractivity contribution in [2.24, 2.45) is 0 Å². The first kappa shape index (κ1) is 24.1. The smallest absolute Gasteiger partial charge is 0.231 e.